The summed E-state index contributed by atoms with van der Waals surface area (Å²) in [7, 11) is 0. The van der Waals surface area contributed by atoms with Crippen LogP contribution in [0.25, 0.3) is 0 Å². The number of carbonyl (C=O) groups is 4. The zero-order chi connectivity index (χ0) is 19.1. The van der Waals surface area contributed by atoms with Crippen molar-refractivity contribution >= 4 is 23.8 Å². The highest BCUT2D eigenvalue weighted by molar-refractivity contribution is 6.09. The molecule has 2 N–H and O–H groups in total. The van der Waals surface area contributed by atoms with Crippen molar-refractivity contribution in [3.05, 3.63) is 0 Å². The van der Waals surface area contributed by atoms with Crippen LogP contribution in [-0.4, -0.2) is 63.9 Å². The second-order valence-corrected chi connectivity index (χ2v) is 8.19. The predicted molar refractivity (Wildman–Crippen MR) is 92.2 cm³/mol. The number of likely N-dealkylation sites (tertiary alicyclic amines) is 1. The molecule has 0 aromatic carbocycles. The molecule has 8 heteroatoms. The fourth-order valence-corrected chi connectivity index (χ4v) is 4.32. The van der Waals surface area contributed by atoms with Gasteiger partial charge in [-0.25, -0.2) is 4.79 Å². The number of urea groups is 1. The third kappa shape index (κ3) is 3.05. The molecule has 3 rings (SSSR count). The number of nitrogens with one attached hydrogen (secondary N) is 1. The molecule has 3 fully saturated rings. The molecule has 0 aromatic rings. The molecule has 26 heavy (non-hydrogen) atoms. The molecule has 0 radical (unpaired) electrons. The number of carboxylic acids is 1. The minimum absolute atomic E-state index is 0.105. The van der Waals surface area contributed by atoms with Crippen molar-refractivity contribution in [1.29, 1.82) is 0 Å². The lowest BCUT2D eigenvalue weighted by Crippen LogP contribution is -2.50. The number of carbonyl (C=O) groups excluding carboxylic acids is 3. The van der Waals surface area contributed by atoms with Gasteiger partial charge in [0.1, 0.15) is 12.1 Å². The highest BCUT2D eigenvalue weighted by atomic mass is 16.4. The van der Waals surface area contributed by atoms with Crippen LogP contribution in [0, 0.1) is 11.3 Å². The van der Waals surface area contributed by atoms with Gasteiger partial charge in [-0.2, -0.15) is 0 Å². The summed E-state index contributed by atoms with van der Waals surface area (Å²) in [6.45, 7) is 3.85. The summed E-state index contributed by atoms with van der Waals surface area (Å²) in [4.78, 5) is 51.5. The predicted octanol–water partition coefficient (Wildman–Crippen LogP) is 1.20. The zero-order valence-electron chi connectivity index (χ0n) is 15.4. The maximum Gasteiger partial charge on any atom is 0.325 e. The van der Waals surface area contributed by atoms with E-state index in [4.69, 9.17) is 0 Å². The molecule has 0 bridgehead atoms. The lowest BCUT2D eigenvalue weighted by Gasteiger charge is -2.34. The number of hydrogen-bond donors (Lipinski definition) is 2. The lowest BCUT2D eigenvalue weighted by atomic mass is 9.75. The Morgan fingerprint density at radius 1 is 1.23 bits per heavy atom. The molecular formula is C18H27N3O5. The van der Waals surface area contributed by atoms with E-state index in [0.29, 0.717) is 31.7 Å². The van der Waals surface area contributed by atoms with Crippen molar-refractivity contribution in [1.82, 2.24) is 15.1 Å². The second-order valence-electron chi connectivity index (χ2n) is 8.19. The molecular weight excluding hydrogens is 338 g/mol. The van der Waals surface area contributed by atoms with Gasteiger partial charge < -0.3 is 15.3 Å². The molecule has 8 nitrogen and oxygen atoms in total. The van der Waals surface area contributed by atoms with E-state index in [2.05, 4.69) is 12.2 Å². The standard InChI is InChI=1S/C18H27N3O5/c1-3-12-4-6-18(7-5-12)14(23)21(16(26)19-18)10-13(22)20-9-8-17(2,11-20)15(24)25/h12H,3-11H2,1-2H3,(H,19,26)(H,24,25). The Morgan fingerprint density at radius 3 is 2.42 bits per heavy atom. The summed E-state index contributed by atoms with van der Waals surface area (Å²) in [5.74, 6) is -1.04. The molecule has 144 valence electrons. The Bertz CT molecular complexity index is 641. The van der Waals surface area contributed by atoms with E-state index in [9.17, 15) is 24.3 Å². The van der Waals surface area contributed by atoms with Crippen LogP contribution in [0.5, 0.6) is 0 Å². The number of rotatable bonds is 4. The van der Waals surface area contributed by atoms with Crippen molar-refractivity contribution in [3.63, 3.8) is 0 Å². The van der Waals surface area contributed by atoms with E-state index < -0.39 is 23.0 Å². The molecule has 2 heterocycles. The van der Waals surface area contributed by atoms with Crippen molar-refractivity contribution < 1.29 is 24.3 Å². The van der Waals surface area contributed by atoms with Crippen LogP contribution in [-0.2, 0) is 14.4 Å². The van der Waals surface area contributed by atoms with Crippen LogP contribution in [0.1, 0.15) is 52.4 Å². The van der Waals surface area contributed by atoms with E-state index in [0.717, 1.165) is 24.2 Å². The maximum atomic E-state index is 12.9. The van der Waals surface area contributed by atoms with E-state index in [-0.39, 0.29) is 24.9 Å². The quantitative estimate of drug-likeness (QED) is 0.728. The number of aliphatic carboxylic acids is 1. The largest absolute Gasteiger partial charge is 0.481 e. The van der Waals surface area contributed by atoms with Gasteiger partial charge in [0.15, 0.2) is 0 Å². The molecule has 1 atom stereocenters. The van der Waals surface area contributed by atoms with Gasteiger partial charge in [0.25, 0.3) is 5.91 Å². The van der Waals surface area contributed by atoms with Gasteiger partial charge in [0.2, 0.25) is 5.91 Å². The minimum Gasteiger partial charge on any atom is -0.481 e. The number of nitrogens with zero attached hydrogens (tertiary/aromatic N) is 2. The van der Waals surface area contributed by atoms with E-state index in [1.165, 1.54) is 4.90 Å². The molecule has 1 saturated carbocycles. The average molecular weight is 365 g/mol. The van der Waals surface area contributed by atoms with Gasteiger partial charge in [0, 0.05) is 13.1 Å². The molecule has 0 aromatic heterocycles. The Morgan fingerprint density at radius 2 is 1.88 bits per heavy atom. The Hall–Kier alpha value is -2.12. The minimum atomic E-state index is -0.966. The van der Waals surface area contributed by atoms with Crippen LogP contribution in [0.4, 0.5) is 4.79 Å². The van der Waals surface area contributed by atoms with E-state index in [1.54, 1.807) is 6.92 Å². The van der Waals surface area contributed by atoms with Gasteiger partial charge in [0.05, 0.1) is 5.41 Å². The van der Waals surface area contributed by atoms with Crippen molar-refractivity contribution in [2.75, 3.05) is 19.6 Å². The molecule has 2 aliphatic heterocycles. The summed E-state index contributed by atoms with van der Waals surface area (Å²) in [5, 5.41) is 12.1. The van der Waals surface area contributed by atoms with Crippen LogP contribution in [0.15, 0.2) is 0 Å². The number of imide groups is 1. The van der Waals surface area contributed by atoms with E-state index >= 15 is 0 Å². The summed E-state index contributed by atoms with van der Waals surface area (Å²) < 4.78 is 0. The van der Waals surface area contributed by atoms with Gasteiger partial charge in [-0.1, -0.05) is 13.3 Å². The Balaban J connectivity index is 1.64. The normalized spacial score (nSPS) is 34.5. The summed E-state index contributed by atoms with van der Waals surface area (Å²) in [6.07, 6.45) is 4.46. The highest BCUT2D eigenvalue weighted by Gasteiger charge is 2.53. The molecule has 3 aliphatic rings. The third-order valence-corrected chi connectivity index (χ3v) is 6.42. The van der Waals surface area contributed by atoms with Gasteiger partial charge in [-0.15, -0.1) is 0 Å². The monoisotopic (exact) mass is 365 g/mol. The average Bonchev–Trinajstić information content (AvgIpc) is 3.11. The van der Waals surface area contributed by atoms with Gasteiger partial charge >= 0.3 is 12.0 Å². The number of carboxylic acid groups (broad SMARTS) is 1. The van der Waals surface area contributed by atoms with E-state index in [1.807, 2.05) is 0 Å². The zero-order valence-corrected chi connectivity index (χ0v) is 15.4. The first-order valence-corrected chi connectivity index (χ1v) is 9.36. The van der Waals surface area contributed by atoms with Crippen LogP contribution in [0.3, 0.4) is 0 Å². The van der Waals surface area contributed by atoms with Crippen molar-refractivity contribution in [2.24, 2.45) is 11.3 Å². The first-order chi connectivity index (χ1) is 12.2. The summed E-state index contributed by atoms with van der Waals surface area (Å²) in [6, 6.07) is -0.515. The molecule has 2 saturated heterocycles. The molecule has 1 spiro atoms. The fourth-order valence-electron chi connectivity index (χ4n) is 4.32. The highest BCUT2D eigenvalue weighted by Crippen LogP contribution is 2.38. The topological polar surface area (TPSA) is 107 Å². The first-order valence-electron chi connectivity index (χ1n) is 9.36. The summed E-state index contributed by atoms with van der Waals surface area (Å²) >= 11 is 0. The number of hydrogen-bond acceptors (Lipinski definition) is 4. The van der Waals surface area contributed by atoms with Crippen LogP contribution in [0.2, 0.25) is 0 Å². The first kappa shape index (κ1) is 18.7. The lowest BCUT2D eigenvalue weighted by molar-refractivity contribution is -0.147. The second kappa shape index (κ2) is 6.55. The Labute approximate surface area is 152 Å². The van der Waals surface area contributed by atoms with Crippen molar-refractivity contribution in [3.8, 4) is 0 Å². The van der Waals surface area contributed by atoms with Crippen molar-refractivity contribution in [2.45, 2.75) is 57.9 Å². The smallest absolute Gasteiger partial charge is 0.325 e. The molecule has 4 amide bonds. The third-order valence-electron chi connectivity index (χ3n) is 6.42. The molecule has 1 unspecified atom stereocenters. The number of amides is 4. The fraction of sp³-hybridized carbons (Fsp3) is 0.778. The SMILES string of the molecule is CCC1CCC2(CC1)NC(=O)N(CC(=O)N1CCC(C)(C(=O)O)C1)C2=O. The maximum absolute atomic E-state index is 12.9. The summed E-state index contributed by atoms with van der Waals surface area (Å²) in [5.41, 5.74) is -1.82. The van der Waals surface area contributed by atoms with Gasteiger partial charge in [-0.3, -0.25) is 19.3 Å². The van der Waals surface area contributed by atoms with Crippen LogP contribution < -0.4 is 5.32 Å². The van der Waals surface area contributed by atoms with Gasteiger partial charge in [-0.05, 0) is 44.9 Å². The molecule has 1 aliphatic carbocycles. The van der Waals surface area contributed by atoms with Crippen LogP contribution >= 0.6 is 0 Å². The Kier molecular flexibility index (Phi) is 4.71.